The molecule has 1 aliphatic rings. The SMILES string of the molecule is C=C(CC)C1(C)C=CC(=S)C(C)=C(C)C1. The molecule has 1 atom stereocenters. The number of thiocarbonyl (C=S) groups is 1. The van der Waals surface area contributed by atoms with E-state index in [4.69, 9.17) is 12.2 Å². The van der Waals surface area contributed by atoms with Gasteiger partial charge in [-0.15, -0.1) is 0 Å². The zero-order chi connectivity index (χ0) is 11.6. The third-order valence-corrected chi connectivity index (χ3v) is 3.92. The van der Waals surface area contributed by atoms with Gasteiger partial charge >= 0.3 is 0 Å². The molecule has 0 N–H and O–H groups in total. The Labute approximate surface area is 98.8 Å². The molecule has 15 heavy (non-hydrogen) atoms. The van der Waals surface area contributed by atoms with Gasteiger partial charge in [0.25, 0.3) is 0 Å². The molecule has 0 saturated heterocycles. The van der Waals surface area contributed by atoms with Crippen molar-refractivity contribution in [2.24, 2.45) is 5.41 Å². The maximum Gasteiger partial charge on any atom is 0.0402 e. The van der Waals surface area contributed by atoms with Gasteiger partial charge in [0, 0.05) is 10.3 Å². The third kappa shape index (κ3) is 2.46. The Kier molecular flexibility index (Phi) is 3.67. The molecule has 1 aliphatic carbocycles. The van der Waals surface area contributed by atoms with E-state index in [0.717, 1.165) is 17.7 Å². The highest BCUT2D eigenvalue weighted by Crippen LogP contribution is 2.39. The molecular formula is C14H20S. The summed E-state index contributed by atoms with van der Waals surface area (Å²) in [4.78, 5) is 0.972. The smallest absolute Gasteiger partial charge is 0.0402 e. The monoisotopic (exact) mass is 220 g/mol. The Morgan fingerprint density at radius 3 is 2.67 bits per heavy atom. The van der Waals surface area contributed by atoms with Crippen LogP contribution in [0.3, 0.4) is 0 Å². The van der Waals surface area contributed by atoms with Crippen molar-refractivity contribution in [2.75, 3.05) is 0 Å². The summed E-state index contributed by atoms with van der Waals surface area (Å²) < 4.78 is 0. The van der Waals surface area contributed by atoms with Crippen LogP contribution in [-0.2, 0) is 0 Å². The molecule has 0 spiro atoms. The van der Waals surface area contributed by atoms with E-state index in [1.807, 2.05) is 0 Å². The first kappa shape index (κ1) is 12.4. The molecule has 1 heteroatoms. The van der Waals surface area contributed by atoms with Crippen molar-refractivity contribution >= 4 is 17.1 Å². The van der Waals surface area contributed by atoms with E-state index >= 15 is 0 Å². The summed E-state index contributed by atoms with van der Waals surface area (Å²) in [5.41, 5.74) is 4.02. The Bertz CT molecular complexity index is 358. The molecule has 0 aromatic rings. The fourth-order valence-corrected chi connectivity index (χ4v) is 2.23. The van der Waals surface area contributed by atoms with Crippen molar-refractivity contribution in [1.29, 1.82) is 0 Å². The molecule has 0 amide bonds. The first-order chi connectivity index (χ1) is 6.90. The van der Waals surface area contributed by atoms with Crippen LogP contribution in [0, 0.1) is 5.41 Å². The van der Waals surface area contributed by atoms with E-state index in [2.05, 4.69) is 46.4 Å². The zero-order valence-electron chi connectivity index (χ0n) is 10.2. The Hall–Kier alpha value is -0.690. The van der Waals surface area contributed by atoms with E-state index in [1.165, 1.54) is 16.7 Å². The Balaban J connectivity index is 3.13. The lowest BCUT2D eigenvalue weighted by molar-refractivity contribution is 0.496. The third-order valence-electron chi connectivity index (χ3n) is 3.48. The van der Waals surface area contributed by atoms with E-state index < -0.39 is 0 Å². The molecule has 0 nitrogen and oxygen atoms in total. The van der Waals surface area contributed by atoms with Crippen LogP contribution < -0.4 is 0 Å². The molecule has 0 radical (unpaired) electrons. The fraction of sp³-hybridized carbons (Fsp3) is 0.500. The van der Waals surface area contributed by atoms with Gasteiger partial charge in [-0.1, -0.05) is 49.9 Å². The van der Waals surface area contributed by atoms with E-state index in [9.17, 15) is 0 Å². The molecule has 0 fully saturated rings. The van der Waals surface area contributed by atoms with Crippen molar-refractivity contribution in [3.63, 3.8) is 0 Å². The number of hydrogen-bond acceptors (Lipinski definition) is 1. The van der Waals surface area contributed by atoms with E-state index in [0.29, 0.717) is 0 Å². The maximum atomic E-state index is 5.34. The van der Waals surface area contributed by atoms with E-state index in [1.54, 1.807) is 0 Å². The topological polar surface area (TPSA) is 0 Å². The molecule has 0 aromatic heterocycles. The van der Waals surface area contributed by atoms with Crippen LogP contribution in [0.25, 0.3) is 0 Å². The second-order valence-electron chi connectivity index (χ2n) is 4.65. The molecule has 0 heterocycles. The molecule has 1 unspecified atom stereocenters. The molecule has 0 aliphatic heterocycles. The fourth-order valence-electron chi connectivity index (χ4n) is 1.98. The zero-order valence-corrected chi connectivity index (χ0v) is 11.0. The summed E-state index contributed by atoms with van der Waals surface area (Å²) in [6.07, 6.45) is 6.37. The highest BCUT2D eigenvalue weighted by Gasteiger charge is 2.26. The van der Waals surface area contributed by atoms with Crippen molar-refractivity contribution < 1.29 is 0 Å². The predicted octanol–water partition coefficient (Wildman–Crippen LogP) is 4.63. The summed E-state index contributed by atoms with van der Waals surface area (Å²) in [5, 5.41) is 0. The molecule has 0 aromatic carbocycles. The number of hydrogen-bond donors (Lipinski definition) is 0. The lowest BCUT2D eigenvalue weighted by atomic mass is 9.77. The van der Waals surface area contributed by atoms with Crippen LogP contribution in [0.4, 0.5) is 0 Å². The van der Waals surface area contributed by atoms with Crippen LogP contribution in [0.15, 0.2) is 35.5 Å². The highest BCUT2D eigenvalue weighted by atomic mass is 32.1. The van der Waals surface area contributed by atoms with Gasteiger partial charge in [0.2, 0.25) is 0 Å². The van der Waals surface area contributed by atoms with Crippen LogP contribution >= 0.6 is 12.2 Å². The predicted molar refractivity (Wildman–Crippen MR) is 72.3 cm³/mol. The summed E-state index contributed by atoms with van der Waals surface area (Å²) in [5.74, 6) is 0. The van der Waals surface area contributed by atoms with Crippen LogP contribution in [0.2, 0.25) is 0 Å². The first-order valence-corrected chi connectivity index (χ1v) is 5.89. The van der Waals surface area contributed by atoms with Crippen LogP contribution in [-0.4, -0.2) is 4.86 Å². The lowest BCUT2D eigenvalue weighted by Crippen LogP contribution is -2.15. The molecule has 1 rings (SSSR count). The maximum absolute atomic E-state index is 5.34. The standard InChI is InChI=1S/C14H20S/c1-6-11(3)14(5)8-7-13(15)12(4)10(2)9-14/h7-8H,3,6,9H2,1-2,4-5H3. The van der Waals surface area contributed by atoms with Gasteiger partial charge in [-0.3, -0.25) is 0 Å². The normalized spacial score (nSPS) is 26.8. The minimum atomic E-state index is 0.0840. The second-order valence-corrected chi connectivity index (χ2v) is 5.09. The summed E-state index contributed by atoms with van der Waals surface area (Å²) >= 11 is 5.34. The molecule has 82 valence electrons. The van der Waals surface area contributed by atoms with E-state index in [-0.39, 0.29) is 5.41 Å². The van der Waals surface area contributed by atoms with Crippen LogP contribution in [0.5, 0.6) is 0 Å². The van der Waals surface area contributed by atoms with Crippen molar-refractivity contribution in [3.8, 4) is 0 Å². The average molecular weight is 220 g/mol. The van der Waals surface area contributed by atoms with Gasteiger partial charge < -0.3 is 0 Å². The molecular weight excluding hydrogens is 200 g/mol. The van der Waals surface area contributed by atoms with Gasteiger partial charge in [-0.05, 0) is 38.3 Å². The average Bonchev–Trinajstić information content (AvgIpc) is 2.31. The van der Waals surface area contributed by atoms with Gasteiger partial charge in [0.1, 0.15) is 0 Å². The minimum Gasteiger partial charge on any atom is -0.0990 e. The number of allylic oxidation sites excluding steroid dienone is 5. The van der Waals surface area contributed by atoms with Gasteiger partial charge in [0.15, 0.2) is 0 Å². The summed E-state index contributed by atoms with van der Waals surface area (Å²) in [7, 11) is 0. The van der Waals surface area contributed by atoms with Gasteiger partial charge in [-0.25, -0.2) is 0 Å². The summed E-state index contributed by atoms with van der Waals surface area (Å²) in [6.45, 7) is 12.9. The highest BCUT2D eigenvalue weighted by molar-refractivity contribution is 7.81. The first-order valence-electron chi connectivity index (χ1n) is 5.49. The molecule has 0 saturated carbocycles. The van der Waals surface area contributed by atoms with Crippen molar-refractivity contribution in [1.82, 2.24) is 0 Å². The van der Waals surface area contributed by atoms with Gasteiger partial charge in [-0.2, -0.15) is 0 Å². The Morgan fingerprint density at radius 1 is 1.53 bits per heavy atom. The number of rotatable bonds is 2. The van der Waals surface area contributed by atoms with Crippen LogP contribution in [0.1, 0.15) is 40.5 Å². The Morgan fingerprint density at radius 2 is 2.13 bits per heavy atom. The van der Waals surface area contributed by atoms with Gasteiger partial charge in [0.05, 0.1) is 0 Å². The largest absolute Gasteiger partial charge is 0.0990 e. The summed E-state index contributed by atoms with van der Waals surface area (Å²) in [6, 6.07) is 0. The quantitative estimate of drug-likeness (QED) is 0.483. The van der Waals surface area contributed by atoms with Crippen molar-refractivity contribution in [2.45, 2.75) is 40.5 Å². The second kappa shape index (κ2) is 4.44. The molecule has 0 bridgehead atoms. The minimum absolute atomic E-state index is 0.0840. The van der Waals surface area contributed by atoms with Crippen molar-refractivity contribution in [3.05, 3.63) is 35.5 Å². The lowest BCUT2D eigenvalue weighted by Gasteiger charge is -2.28.